The molecule has 18 heavy (non-hydrogen) atoms. The number of nitrogens with zero attached hydrogens (tertiary/aromatic N) is 1. The van der Waals surface area contributed by atoms with E-state index in [9.17, 15) is 0 Å². The molecule has 0 saturated carbocycles. The highest BCUT2D eigenvalue weighted by Crippen LogP contribution is 2.27. The summed E-state index contributed by atoms with van der Waals surface area (Å²) in [4.78, 5) is 4.59. The summed E-state index contributed by atoms with van der Waals surface area (Å²) in [5, 5.41) is 0.715. The van der Waals surface area contributed by atoms with Crippen LogP contribution in [0.1, 0.15) is 26.7 Å². The lowest BCUT2D eigenvalue weighted by Gasteiger charge is -2.26. The van der Waals surface area contributed by atoms with E-state index in [0.717, 1.165) is 23.0 Å². The van der Waals surface area contributed by atoms with E-state index in [1.807, 2.05) is 18.2 Å². The summed E-state index contributed by atoms with van der Waals surface area (Å²) in [7, 11) is -1.22. The maximum atomic E-state index is 5.97. The Morgan fingerprint density at radius 2 is 1.83 bits per heavy atom. The first-order chi connectivity index (χ1) is 8.62. The molecule has 0 N–H and O–H groups in total. The fourth-order valence-electron chi connectivity index (χ4n) is 2.47. The molecule has 1 aromatic carbocycles. The number of fused-ring (bicyclic) bond motifs is 1. The molecule has 0 saturated heterocycles. The Labute approximate surface area is 114 Å². The summed E-state index contributed by atoms with van der Waals surface area (Å²) in [6, 6.07) is 10.5. The van der Waals surface area contributed by atoms with Crippen LogP contribution in [0.15, 0.2) is 22.6 Å². The van der Waals surface area contributed by atoms with Crippen LogP contribution in [0.4, 0.5) is 0 Å². The average Bonchev–Trinajstić information content (AvgIpc) is 2.77. The fourth-order valence-corrected chi connectivity index (χ4v) is 5.68. The highest BCUT2D eigenvalue weighted by atomic mass is 35.5. The van der Waals surface area contributed by atoms with Crippen LogP contribution in [0.3, 0.4) is 0 Å². The smallest absolute Gasteiger partial charge is 0.192 e. The SMILES string of the molecule is CC[Si](CC)(CC)Cc1nc2cc(Cl)ccc2o1. The van der Waals surface area contributed by atoms with Gasteiger partial charge in [-0.15, -0.1) is 0 Å². The largest absolute Gasteiger partial charge is 0.441 e. The van der Waals surface area contributed by atoms with Crippen molar-refractivity contribution in [2.75, 3.05) is 0 Å². The Balaban J connectivity index is 2.31. The minimum absolute atomic E-state index is 0.715. The van der Waals surface area contributed by atoms with Gasteiger partial charge in [-0.3, -0.25) is 0 Å². The second-order valence-corrected chi connectivity index (χ2v) is 10.9. The molecule has 1 heterocycles. The Bertz CT molecular complexity index is 525. The van der Waals surface area contributed by atoms with Crippen LogP contribution >= 0.6 is 11.6 Å². The highest BCUT2D eigenvalue weighted by Gasteiger charge is 2.29. The molecule has 0 amide bonds. The zero-order valence-electron chi connectivity index (χ0n) is 11.3. The van der Waals surface area contributed by atoms with Gasteiger partial charge >= 0.3 is 0 Å². The van der Waals surface area contributed by atoms with Crippen molar-refractivity contribution < 1.29 is 4.42 Å². The third-order valence-electron chi connectivity index (χ3n) is 4.17. The standard InChI is InChI=1S/C14H20ClNOSi/c1-4-18(5-2,6-3)10-14-16-12-9-11(15)7-8-13(12)17-14/h7-9H,4-6,10H2,1-3H3. The minimum Gasteiger partial charge on any atom is -0.441 e. The number of benzene rings is 1. The molecule has 98 valence electrons. The first-order valence-corrected chi connectivity index (χ1v) is 9.88. The van der Waals surface area contributed by atoms with Crippen molar-refractivity contribution in [3.05, 3.63) is 29.1 Å². The lowest BCUT2D eigenvalue weighted by atomic mass is 10.3. The van der Waals surface area contributed by atoms with Crippen LogP contribution in [-0.4, -0.2) is 13.1 Å². The van der Waals surface area contributed by atoms with Gasteiger partial charge in [0.25, 0.3) is 0 Å². The Kier molecular flexibility index (Phi) is 4.13. The van der Waals surface area contributed by atoms with Gasteiger partial charge in [0.1, 0.15) is 5.52 Å². The quantitative estimate of drug-likeness (QED) is 0.715. The molecular formula is C14H20ClNOSi. The van der Waals surface area contributed by atoms with E-state index in [4.69, 9.17) is 16.0 Å². The molecule has 0 aliphatic carbocycles. The Morgan fingerprint density at radius 3 is 2.44 bits per heavy atom. The summed E-state index contributed by atoms with van der Waals surface area (Å²) >= 11 is 5.97. The molecule has 0 bridgehead atoms. The average molecular weight is 282 g/mol. The number of halogens is 1. The normalized spacial score (nSPS) is 12.2. The second-order valence-electron chi connectivity index (χ2n) is 4.96. The Hall–Kier alpha value is -0.803. The van der Waals surface area contributed by atoms with Gasteiger partial charge in [0.2, 0.25) is 0 Å². The molecular weight excluding hydrogens is 262 g/mol. The first-order valence-electron chi connectivity index (χ1n) is 6.67. The van der Waals surface area contributed by atoms with Crippen LogP contribution in [0.5, 0.6) is 0 Å². The summed E-state index contributed by atoms with van der Waals surface area (Å²) in [5.74, 6) is 0.893. The van der Waals surface area contributed by atoms with E-state index in [-0.39, 0.29) is 0 Å². The maximum Gasteiger partial charge on any atom is 0.192 e. The van der Waals surface area contributed by atoms with E-state index in [0.29, 0.717) is 5.02 Å². The van der Waals surface area contributed by atoms with Crippen molar-refractivity contribution in [2.24, 2.45) is 0 Å². The lowest BCUT2D eigenvalue weighted by Crippen LogP contribution is -2.34. The van der Waals surface area contributed by atoms with Crippen molar-refractivity contribution in [2.45, 2.75) is 44.9 Å². The molecule has 0 aliphatic rings. The molecule has 4 heteroatoms. The number of aromatic nitrogens is 1. The summed E-state index contributed by atoms with van der Waals surface area (Å²) < 4.78 is 5.85. The van der Waals surface area contributed by atoms with E-state index in [1.54, 1.807) is 0 Å². The zero-order chi connectivity index (χ0) is 13.2. The van der Waals surface area contributed by atoms with E-state index in [1.165, 1.54) is 18.1 Å². The van der Waals surface area contributed by atoms with Crippen LogP contribution in [0.25, 0.3) is 11.1 Å². The predicted molar refractivity (Wildman–Crippen MR) is 79.9 cm³/mol. The molecule has 0 spiro atoms. The van der Waals surface area contributed by atoms with Gasteiger partial charge in [0.05, 0.1) is 8.07 Å². The first kappa shape index (κ1) is 13.6. The van der Waals surface area contributed by atoms with Gasteiger partial charge < -0.3 is 4.42 Å². The van der Waals surface area contributed by atoms with Crippen LogP contribution in [-0.2, 0) is 6.04 Å². The second kappa shape index (κ2) is 5.45. The molecule has 2 nitrogen and oxygen atoms in total. The topological polar surface area (TPSA) is 26.0 Å². The molecule has 1 aromatic heterocycles. The molecule has 0 aliphatic heterocycles. The fraction of sp³-hybridized carbons (Fsp3) is 0.500. The molecule has 0 atom stereocenters. The number of rotatable bonds is 5. The van der Waals surface area contributed by atoms with Crippen molar-refractivity contribution in [1.82, 2.24) is 4.98 Å². The maximum absolute atomic E-state index is 5.97. The third kappa shape index (κ3) is 2.62. The van der Waals surface area contributed by atoms with Crippen molar-refractivity contribution in [3.8, 4) is 0 Å². The lowest BCUT2D eigenvalue weighted by molar-refractivity contribution is 0.550. The molecule has 0 fully saturated rings. The minimum atomic E-state index is -1.22. The van der Waals surface area contributed by atoms with Crippen LogP contribution < -0.4 is 0 Å². The van der Waals surface area contributed by atoms with Crippen molar-refractivity contribution in [1.29, 1.82) is 0 Å². The van der Waals surface area contributed by atoms with Crippen molar-refractivity contribution in [3.63, 3.8) is 0 Å². The van der Waals surface area contributed by atoms with Gasteiger partial charge in [0.15, 0.2) is 11.5 Å². The summed E-state index contributed by atoms with van der Waals surface area (Å²) in [6.07, 6.45) is 0. The van der Waals surface area contributed by atoms with Gasteiger partial charge in [0, 0.05) is 11.1 Å². The highest BCUT2D eigenvalue weighted by molar-refractivity contribution is 6.79. The summed E-state index contributed by atoms with van der Waals surface area (Å²) in [6.45, 7) is 6.91. The van der Waals surface area contributed by atoms with Gasteiger partial charge in [-0.2, -0.15) is 0 Å². The number of hydrogen-bond acceptors (Lipinski definition) is 2. The number of oxazole rings is 1. The van der Waals surface area contributed by atoms with E-state index < -0.39 is 8.07 Å². The summed E-state index contributed by atoms with van der Waals surface area (Å²) in [5.41, 5.74) is 1.73. The van der Waals surface area contributed by atoms with Crippen LogP contribution in [0.2, 0.25) is 23.2 Å². The molecule has 0 radical (unpaired) electrons. The van der Waals surface area contributed by atoms with Gasteiger partial charge in [-0.1, -0.05) is 50.5 Å². The van der Waals surface area contributed by atoms with Crippen molar-refractivity contribution >= 4 is 30.8 Å². The van der Waals surface area contributed by atoms with Crippen LogP contribution in [0, 0.1) is 0 Å². The molecule has 2 aromatic rings. The zero-order valence-corrected chi connectivity index (χ0v) is 13.0. The third-order valence-corrected chi connectivity index (χ3v) is 9.96. The van der Waals surface area contributed by atoms with E-state index >= 15 is 0 Å². The number of hydrogen-bond donors (Lipinski definition) is 0. The monoisotopic (exact) mass is 281 g/mol. The van der Waals surface area contributed by atoms with Gasteiger partial charge in [-0.05, 0) is 18.2 Å². The Morgan fingerprint density at radius 1 is 1.17 bits per heavy atom. The van der Waals surface area contributed by atoms with Gasteiger partial charge in [-0.25, -0.2) is 4.98 Å². The van der Waals surface area contributed by atoms with E-state index in [2.05, 4.69) is 25.8 Å². The predicted octanol–water partition coefficient (Wildman–Crippen LogP) is 5.07. The molecule has 2 rings (SSSR count). The molecule has 0 unspecified atom stereocenters.